The Labute approximate surface area is 144 Å². The topological polar surface area (TPSA) is 107 Å². The Kier molecular flexibility index (Phi) is 8.17. The molecule has 0 bridgehead atoms. The Morgan fingerprint density at radius 2 is 1.88 bits per heavy atom. The highest BCUT2D eigenvalue weighted by Crippen LogP contribution is 2.17. The van der Waals surface area contributed by atoms with Gasteiger partial charge in [0.05, 0.1) is 25.3 Å². The van der Waals surface area contributed by atoms with E-state index < -0.39 is 18.0 Å². The Morgan fingerprint density at radius 3 is 2.46 bits per heavy atom. The Morgan fingerprint density at radius 1 is 1.21 bits per heavy atom. The van der Waals surface area contributed by atoms with Crippen LogP contribution in [0.15, 0.2) is 5.38 Å². The van der Waals surface area contributed by atoms with Gasteiger partial charge in [-0.25, -0.2) is 9.78 Å². The molecule has 1 atom stereocenters. The largest absolute Gasteiger partial charge is 0.466 e. The second-order valence-electron chi connectivity index (χ2n) is 5.20. The zero-order valence-corrected chi connectivity index (χ0v) is 15.1. The normalized spacial score (nSPS) is 11.7. The van der Waals surface area contributed by atoms with Crippen LogP contribution in [0, 0.1) is 5.92 Å². The summed E-state index contributed by atoms with van der Waals surface area (Å²) in [5.41, 5.74) is 0.521. The van der Waals surface area contributed by atoms with Crippen molar-refractivity contribution >= 4 is 34.4 Å². The molecule has 9 heteroatoms. The smallest absolute Gasteiger partial charge is 0.407 e. The molecule has 0 radical (unpaired) electrons. The van der Waals surface area contributed by atoms with E-state index in [0.29, 0.717) is 17.4 Å². The minimum Gasteiger partial charge on any atom is -0.466 e. The molecule has 24 heavy (non-hydrogen) atoms. The van der Waals surface area contributed by atoms with E-state index in [1.54, 1.807) is 19.2 Å². The summed E-state index contributed by atoms with van der Waals surface area (Å²) in [4.78, 5) is 39.4. The van der Waals surface area contributed by atoms with E-state index in [9.17, 15) is 14.4 Å². The van der Waals surface area contributed by atoms with Crippen molar-refractivity contribution in [3.05, 3.63) is 11.1 Å². The summed E-state index contributed by atoms with van der Waals surface area (Å²) in [6.45, 7) is 7.57. The van der Waals surface area contributed by atoms with E-state index in [0.717, 1.165) is 0 Å². The van der Waals surface area contributed by atoms with Crippen LogP contribution in [0.25, 0.3) is 0 Å². The number of alkyl carbamates (subject to hydrolysis) is 1. The van der Waals surface area contributed by atoms with Crippen LogP contribution >= 0.6 is 11.3 Å². The van der Waals surface area contributed by atoms with E-state index in [2.05, 4.69) is 15.6 Å². The highest BCUT2D eigenvalue weighted by atomic mass is 32.1. The number of carbonyl (C=O) groups excluding carboxylic acids is 3. The third-order valence-electron chi connectivity index (χ3n) is 2.91. The molecule has 0 saturated heterocycles. The lowest BCUT2D eigenvalue weighted by atomic mass is 10.0. The number of hydrogen-bond donors (Lipinski definition) is 2. The molecular formula is C15H23N3O5S. The molecule has 0 aliphatic heterocycles. The lowest BCUT2D eigenvalue weighted by Gasteiger charge is -2.20. The molecule has 0 aromatic carbocycles. The fourth-order valence-corrected chi connectivity index (χ4v) is 2.54. The van der Waals surface area contributed by atoms with Crippen molar-refractivity contribution in [3.63, 3.8) is 0 Å². The van der Waals surface area contributed by atoms with Crippen LogP contribution in [0.5, 0.6) is 0 Å². The molecule has 0 aliphatic rings. The highest BCUT2D eigenvalue weighted by molar-refractivity contribution is 7.13. The summed E-state index contributed by atoms with van der Waals surface area (Å²) in [6, 6.07) is -0.749. The molecule has 2 N–H and O–H groups in total. The number of ether oxygens (including phenoxy) is 2. The molecule has 1 rings (SSSR count). The first-order valence-electron chi connectivity index (χ1n) is 7.71. The van der Waals surface area contributed by atoms with Crippen LogP contribution in [0.4, 0.5) is 9.93 Å². The number of esters is 1. The van der Waals surface area contributed by atoms with Crippen LogP contribution in [0.3, 0.4) is 0 Å². The molecule has 0 aliphatic carbocycles. The van der Waals surface area contributed by atoms with E-state index in [-0.39, 0.29) is 24.9 Å². The van der Waals surface area contributed by atoms with Crippen molar-refractivity contribution in [1.82, 2.24) is 10.3 Å². The van der Waals surface area contributed by atoms with Gasteiger partial charge in [-0.05, 0) is 19.8 Å². The number of aromatic nitrogens is 1. The van der Waals surface area contributed by atoms with Crippen LogP contribution in [-0.2, 0) is 25.5 Å². The summed E-state index contributed by atoms with van der Waals surface area (Å²) in [6.07, 6.45) is -0.594. The predicted octanol–water partition coefficient (Wildman–Crippen LogP) is 1.96. The monoisotopic (exact) mass is 357 g/mol. The van der Waals surface area contributed by atoms with Gasteiger partial charge in [0.15, 0.2) is 5.13 Å². The Balaban J connectivity index is 2.65. The van der Waals surface area contributed by atoms with E-state index in [1.807, 2.05) is 13.8 Å². The molecule has 1 aromatic heterocycles. The third kappa shape index (κ3) is 6.53. The van der Waals surface area contributed by atoms with Crippen LogP contribution in [0.1, 0.15) is 33.4 Å². The quantitative estimate of drug-likeness (QED) is 0.689. The average molecular weight is 357 g/mol. The van der Waals surface area contributed by atoms with Crippen LogP contribution < -0.4 is 10.6 Å². The number of rotatable bonds is 8. The minimum absolute atomic E-state index is 0.0505. The van der Waals surface area contributed by atoms with Gasteiger partial charge in [-0.3, -0.25) is 9.59 Å². The van der Waals surface area contributed by atoms with Crippen LogP contribution in [0.2, 0.25) is 0 Å². The first-order chi connectivity index (χ1) is 11.4. The molecule has 2 amide bonds. The molecule has 1 heterocycles. The van der Waals surface area contributed by atoms with Gasteiger partial charge in [0, 0.05) is 5.38 Å². The summed E-state index contributed by atoms with van der Waals surface area (Å²) < 4.78 is 9.65. The number of thiazole rings is 1. The van der Waals surface area contributed by atoms with Gasteiger partial charge in [-0.2, -0.15) is 0 Å². The van der Waals surface area contributed by atoms with Crippen molar-refractivity contribution in [1.29, 1.82) is 0 Å². The van der Waals surface area contributed by atoms with Crippen molar-refractivity contribution < 1.29 is 23.9 Å². The SMILES string of the molecule is CCOC(=O)Cc1csc(NC(=O)C(NC(=O)OCC)C(C)C)n1. The molecular weight excluding hydrogens is 334 g/mol. The maximum Gasteiger partial charge on any atom is 0.407 e. The summed E-state index contributed by atoms with van der Waals surface area (Å²) in [7, 11) is 0. The van der Waals surface area contributed by atoms with Gasteiger partial charge in [0.25, 0.3) is 0 Å². The Hall–Kier alpha value is -2.16. The van der Waals surface area contributed by atoms with E-state index in [1.165, 1.54) is 11.3 Å². The molecule has 8 nitrogen and oxygen atoms in total. The second-order valence-corrected chi connectivity index (χ2v) is 6.06. The maximum atomic E-state index is 12.3. The zero-order chi connectivity index (χ0) is 18.1. The van der Waals surface area contributed by atoms with Gasteiger partial charge in [-0.1, -0.05) is 13.8 Å². The van der Waals surface area contributed by atoms with Crippen molar-refractivity contribution in [2.75, 3.05) is 18.5 Å². The molecule has 0 fully saturated rings. The number of nitrogens with zero attached hydrogens (tertiary/aromatic N) is 1. The highest BCUT2D eigenvalue weighted by Gasteiger charge is 2.25. The van der Waals surface area contributed by atoms with Gasteiger partial charge < -0.3 is 20.1 Å². The lowest BCUT2D eigenvalue weighted by Crippen LogP contribution is -2.47. The number of hydrogen-bond acceptors (Lipinski definition) is 7. The fraction of sp³-hybridized carbons (Fsp3) is 0.600. The average Bonchev–Trinajstić information content (AvgIpc) is 2.91. The number of amides is 2. The summed E-state index contributed by atoms with van der Waals surface area (Å²) in [5.74, 6) is -0.895. The minimum atomic E-state index is -0.749. The predicted molar refractivity (Wildman–Crippen MR) is 89.9 cm³/mol. The molecule has 0 spiro atoms. The fourth-order valence-electron chi connectivity index (χ4n) is 1.82. The first kappa shape index (κ1) is 19.9. The standard InChI is InChI=1S/C15H23N3O5S/c1-5-22-11(19)7-10-8-24-14(16-10)18-13(20)12(9(3)4)17-15(21)23-6-2/h8-9,12H,5-7H2,1-4H3,(H,17,21)(H,16,18,20). The van der Waals surface area contributed by atoms with Gasteiger partial charge in [0.1, 0.15) is 6.04 Å². The zero-order valence-electron chi connectivity index (χ0n) is 14.3. The molecule has 134 valence electrons. The summed E-state index contributed by atoms with van der Waals surface area (Å²) >= 11 is 1.20. The second kappa shape index (κ2) is 9.86. The van der Waals surface area contributed by atoms with Gasteiger partial charge in [0.2, 0.25) is 5.91 Å². The molecule has 1 unspecified atom stereocenters. The lowest BCUT2D eigenvalue weighted by molar-refractivity contribution is -0.142. The molecule has 1 aromatic rings. The number of anilines is 1. The molecule has 0 saturated carbocycles. The van der Waals surface area contributed by atoms with E-state index >= 15 is 0 Å². The first-order valence-corrected chi connectivity index (χ1v) is 8.59. The Bertz CT molecular complexity index is 573. The van der Waals surface area contributed by atoms with Gasteiger partial charge in [-0.15, -0.1) is 11.3 Å². The van der Waals surface area contributed by atoms with Crippen molar-refractivity contribution in [2.24, 2.45) is 5.92 Å². The van der Waals surface area contributed by atoms with Gasteiger partial charge >= 0.3 is 12.1 Å². The van der Waals surface area contributed by atoms with Crippen molar-refractivity contribution in [2.45, 2.75) is 40.2 Å². The van der Waals surface area contributed by atoms with E-state index in [4.69, 9.17) is 9.47 Å². The number of carbonyl (C=O) groups is 3. The van der Waals surface area contributed by atoms with Crippen LogP contribution in [-0.4, -0.2) is 42.2 Å². The third-order valence-corrected chi connectivity index (χ3v) is 3.72. The number of nitrogens with one attached hydrogen (secondary N) is 2. The summed E-state index contributed by atoms with van der Waals surface area (Å²) in [5, 5.41) is 7.20. The maximum absolute atomic E-state index is 12.3. The van der Waals surface area contributed by atoms with Crippen molar-refractivity contribution in [3.8, 4) is 0 Å².